The molecule has 4 rings (SSSR count). The van der Waals surface area contributed by atoms with E-state index in [1.165, 1.54) is 18.2 Å². The van der Waals surface area contributed by atoms with E-state index < -0.39 is 46.6 Å². The summed E-state index contributed by atoms with van der Waals surface area (Å²) in [6.45, 7) is 0. The number of para-hydroxylation sites is 1. The second kappa shape index (κ2) is 12.2. The Bertz CT molecular complexity index is 1360. The highest BCUT2D eigenvalue weighted by Crippen LogP contribution is 2.39. The van der Waals surface area contributed by atoms with Crippen LogP contribution in [0.2, 0.25) is 0 Å². The van der Waals surface area contributed by atoms with Gasteiger partial charge in [-0.2, -0.15) is 13.2 Å². The molecule has 0 heterocycles. The first-order chi connectivity index (χ1) is 18.6. The molecular formula is C29H25F3N2O4S. The normalized spacial score (nSPS) is 17.7. The topological polar surface area (TPSA) is 95.5 Å². The fourth-order valence-corrected chi connectivity index (χ4v) is 5.33. The van der Waals surface area contributed by atoms with Crippen molar-refractivity contribution in [2.75, 3.05) is 10.6 Å². The minimum absolute atomic E-state index is 0.291. The lowest BCUT2D eigenvalue weighted by atomic mass is 9.82. The zero-order chi connectivity index (χ0) is 28.0. The van der Waals surface area contributed by atoms with Gasteiger partial charge in [0, 0.05) is 10.6 Å². The number of carboxylic acids is 1. The number of benzene rings is 3. The number of rotatable bonds is 8. The fraction of sp³-hybridized carbons (Fsp3) is 0.207. The van der Waals surface area contributed by atoms with Gasteiger partial charge in [0.1, 0.15) is 5.25 Å². The lowest BCUT2D eigenvalue weighted by Gasteiger charge is -2.24. The Hall–Kier alpha value is -4.05. The molecule has 10 heteroatoms. The molecular weight excluding hydrogens is 529 g/mol. The molecule has 1 aliphatic rings. The Morgan fingerprint density at radius 1 is 0.821 bits per heavy atom. The van der Waals surface area contributed by atoms with Crippen molar-refractivity contribution in [3.05, 3.63) is 102 Å². The first-order valence-electron chi connectivity index (χ1n) is 12.1. The minimum Gasteiger partial charge on any atom is -0.481 e. The van der Waals surface area contributed by atoms with Crippen LogP contribution in [0.25, 0.3) is 0 Å². The summed E-state index contributed by atoms with van der Waals surface area (Å²) >= 11 is 1.15. The van der Waals surface area contributed by atoms with Gasteiger partial charge in [-0.3, -0.25) is 14.4 Å². The van der Waals surface area contributed by atoms with Gasteiger partial charge < -0.3 is 15.7 Å². The summed E-state index contributed by atoms with van der Waals surface area (Å²) in [5.41, 5.74) is -0.199. The molecule has 6 nitrogen and oxygen atoms in total. The molecule has 0 aromatic heterocycles. The number of carbonyl (C=O) groups excluding carboxylic acids is 2. The molecule has 0 fully saturated rings. The molecule has 0 spiro atoms. The monoisotopic (exact) mass is 554 g/mol. The molecule has 0 unspecified atom stereocenters. The third-order valence-electron chi connectivity index (χ3n) is 6.29. The van der Waals surface area contributed by atoms with Crippen LogP contribution in [0.15, 0.2) is 95.9 Å². The highest BCUT2D eigenvalue weighted by atomic mass is 32.2. The van der Waals surface area contributed by atoms with Crippen LogP contribution in [-0.4, -0.2) is 22.9 Å². The summed E-state index contributed by atoms with van der Waals surface area (Å²) in [4.78, 5) is 38.2. The van der Waals surface area contributed by atoms with E-state index in [1.54, 1.807) is 66.7 Å². The molecule has 1 aliphatic carbocycles. The number of allylic oxidation sites excluding steroid dienone is 2. The van der Waals surface area contributed by atoms with Crippen molar-refractivity contribution in [3.8, 4) is 0 Å². The SMILES string of the molecule is O=C(O)[C@H]1CC=CC[C@@H]1C(=O)Nc1ccc(S[C@@H](C(=O)Nc2ccccc2C(F)(F)F)c2ccccc2)cc1. The maximum atomic E-state index is 13.5. The molecule has 3 aromatic rings. The largest absolute Gasteiger partial charge is 0.481 e. The molecule has 2 amide bonds. The Labute approximate surface area is 227 Å². The van der Waals surface area contributed by atoms with E-state index in [1.807, 2.05) is 0 Å². The van der Waals surface area contributed by atoms with Crippen molar-refractivity contribution in [1.82, 2.24) is 0 Å². The second-order valence-electron chi connectivity index (χ2n) is 8.95. The van der Waals surface area contributed by atoms with Crippen LogP contribution in [0.1, 0.15) is 29.2 Å². The standard InChI is InChI=1S/C29H25F3N2O4S/c30-29(31,32)23-12-6-7-13-24(23)34-27(36)25(18-8-2-1-3-9-18)39-20-16-14-19(15-17-20)33-26(35)21-10-4-5-11-22(21)28(37)38/h1-9,12-17,21-22,25H,10-11H2,(H,33,35)(H,34,36)(H,37,38)/t21-,22-,25+/m0/s1. The van der Waals surface area contributed by atoms with E-state index >= 15 is 0 Å². The van der Waals surface area contributed by atoms with Crippen LogP contribution < -0.4 is 10.6 Å². The van der Waals surface area contributed by atoms with Crippen LogP contribution in [0.5, 0.6) is 0 Å². The van der Waals surface area contributed by atoms with Crippen molar-refractivity contribution >= 4 is 40.9 Å². The number of thioether (sulfide) groups is 1. The fourth-order valence-electron chi connectivity index (χ4n) is 4.30. The summed E-state index contributed by atoms with van der Waals surface area (Å²) in [6.07, 6.45) is -0.444. The van der Waals surface area contributed by atoms with Crippen molar-refractivity contribution in [2.45, 2.75) is 29.2 Å². The van der Waals surface area contributed by atoms with Crippen molar-refractivity contribution in [1.29, 1.82) is 0 Å². The Morgan fingerprint density at radius 2 is 1.44 bits per heavy atom. The van der Waals surface area contributed by atoms with Gasteiger partial charge in [-0.15, -0.1) is 11.8 Å². The summed E-state index contributed by atoms with van der Waals surface area (Å²) in [5, 5.41) is 13.7. The lowest BCUT2D eigenvalue weighted by Crippen LogP contribution is -2.34. The lowest BCUT2D eigenvalue weighted by molar-refractivity contribution is -0.146. The molecule has 39 heavy (non-hydrogen) atoms. The molecule has 0 saturated carbocycles. The number of anilines is 2. The number of hydrogen-bond donors (Lipinski definition) is 3. The van der Waals surface area contributed by atoms with Gasteiger partial charge in [-0.1, -0.05) is 54.6 Å². The van der Waals surface area contributed by atoms with Crippen LogP contribution in [0, 0.1) is 11.8 Å². The molecule has 3 atom stereocenters. The number of halogens is 3. The van der Waals surface area contributed by atoms with Crippen LogP contribution in [-0.2, 0) is 20.6 Å². The van der Waals surface area contributed by atoms with Gasteiger partial charge in [0.2, 0.25) is 11.8 Å². The van der Waals surface area contributed by atoms with Gasteiger partial charge in [0.25, 0.3) is 0 Å². The van der Waals surface area contributed by atoms with E-state index in [0.717, 1.165) is 17.8 Å². The summed E-state index contributed by atoms with van der Waals surface area (Å²) in [7, 11) is 0. The number of carbonyl (C=O) groups is 3. The van der Waals surface area contributed by atoms with Gasteiger partial charge >= 0.3 is 12.1 Å². The molecule has 202 valence electrons. The number of carboxylic acid groups (broad SMARTS) is 1. The van der Waals surface area contributed by atoms with Crippen molar-refractivity contribution < 1.29 is 32.7 Å². The number of hydrogen-bond acceptors (Lipinski definition) is 4. The predicted molar refractivity (Wildman–Crippen MR) is 143 cm³/mol. The van der Waals surface area contributed by atoms with E-state index in [0.29, 0.717) is 29.0 Å². The first kappa shape index (κ1) is 28.0. The minimum atomic E-state index is -4.63. The Balaban J connectivity index is 1.50. The maximum absolute atomic E-state index is 13.5. The van der Waals surface area contributed by atoms with E-state index in [4.69, 9.17) is 0 Å². The van der Waals surface area contributed by atoms with Crippen LogP contribution in [0.4, 0.5) is 24.5 Å². The molecule has 0 radical (unpaired) electrons. The summed E-state index contributed by atoms with van der Waals surface area (Å²) in [6, 6.07) is 20.1. The van der Waals surface area contributed by atoms with Crippen LogP contribution >= 0.6 is 11.8 Å². The zero-order valence-electron chi connectivity index (χ0n) is 20.5. The highest BCUT2D eigenvalue weighted by molar-refractivity contribution is 8.00. The van der Waals surface area contributed by atoms with Gasteiger partial charge in [0.05, 0.1) is 23.1 Å². The third kappa shape index (κ3) is 7.08. The number of nitrogens with one attached hydrogen (secondary N) is 2. The molecule has 3 aromatic carbocycles. The molecule has 0 saturated heterocycles. The van der Waals surface area contributed by atoms with E-state index in [9.17, 15) is 32.7 Å². The molecule has 0 aliphatic heterocycles. The number of amides is 2. The van der Waals surface area contributed by atoms with Gasteiger partial charge in [0.15, 0.2) is 0 Å². The molecule has 3 N–H and O–H groups in total. The quantitative estimate of drug-likeness (QED) is 0.211. The first-order valence-corrected chi connectivity index (χ1v) is 13.0. The smallest absolute Gasteiger partial charge is 0.418 e. The zero-order valence-corrected chi connectivity index (χ0v) is 21.3. The third-order valence-corrected chi connectivity index (χ3v) is 7.56. The number of aliphatic carboxylic acids is 1. The van der Waals surface area contributed by atoms with Crippen LogP contribution in [0.3, 0.4) is 0 Å². The average molecular weight is 555 g/mol. The highest BCUT2D eigenvalue weighted by Gasteiger charge is 2.35. The van der Waals surface area contributed by atoms with E-state index in [2.05, 4.69) is 10.6 Å². The Kier molecular flexibility index (Phi) is 8.75. The van der Waals surface area contributed by atoms with Crippen molar-refractivity contribution in [2.24, 2.45) is 11.8 Å². The van der Waals surface area contributed by atoms with Crippen molar-refractivity contribution in [3.63, 3.8) is 0 Å². The number of alkyl halides is 3. The molecule has 0 bridgehead atoms. The second-order valence-corrected chi connectivity index (χ2v) is 10.1. The van der Waals surface area contributed by atoms with Gasteiger partial charge in [-0.05, 0) is 54.8 Å². The maximum Gasteiger partial charge on any atom is 0.418 e. The average Bonchev–Trinajstić information content (AvgIpc) is 2.92. The summed E-state index contributed by atoms with van der Waals surface area (Å²) in [5.74, 6) is -3.51. The summed E-state index contributed by atoms with van der Waals surface area (Å²) < 4.78 is 40.4. The Morgan fingerprint density at radius 3 is 2.08 bits per heavy atom. The van der Waals surface area contributed by atoms with Gasteiger partial charge in [-0.25, -0.2) is 0 Å². The predicted octanol–water partition coefficient (Wildman–Crippen LogP) is 6.78. The van der Waals surface area contributed by atoms with E-state index in [-0.39, 0.29) is 5.69 Å².